The van der Waals surface area contributed by atoms with Gasteiger partial charge >= 0.3 is 10.2 Å². The Morgan fingerprint density at radius 2 is 1.91 bits per heavy atom. The first-order chi connectivity index (χ1) is 4.83. The summed E-state index contributed by atoms with van der Waals surface area (Å²) in [5, 5.41) is 0. The lowest BCUT2D eigenvalue weighted by Crippen LogP contribution is -2.28. The molecule has 0 fully saturated rings. The highest BCUT2D eigenvalue weighted by Crippen LogP contribution is 2.05. The monoisotopic (exact) mass is 183 g/mol. The van der Waals surface area contributed by atoms with Gasteiger partial charge in [0.15, 0.2) is 0 Å². The predicted molar refractivity (Wildman–Crippen MR) is 42.3 cm³/mol. The van der Waals surface area contributed by atoms with Gasteiger partial charge in [-0.15, -0.1) is 3.89 Å². The van der Waals surface area contributed by atoms with E-state index in [-0.39, 0.29) is 18.4 Å². The molecular weight excluding hydrogens is 169 g/mol. The molecule has 0 aromatic carbocycles. The summed E-state index contributed by atoms with van der Waals surface area (Å²) in [6.07, 6.45) is 0.191. The molecule has 0 aromatic rings. The lowest BCUT2D eigenvalue weighted by molar-refractivity contribution is 0.473. The van der Waals surface area contributed by atoms with Crippen LogP contribution in [0.2, 0.25) is 0 Å². The van der Waals surface area contributed by atoms with Crippen LogP contribution in [0.4, 0.5) is 3.89 Å². The van der Waals surface area contributed by atoms with E-state index < -0.39 is 16.0 Å². The Labute approximate surface area is 67.0 Å². The normalized spacial score (nSPS) is 15.4. The molecule has 0 heterocycles. The van der Waals surface area contributed by atoms with E-state index >= 15 is 0 Å². The van der Waals surface area contributed by atoms with Gasteiger partial charge in [-0.25, -0.2) is 0 Å². The molecule has 0 aliphatic carbocycles. The fourth-order valence-electron chi connectivity index (χ4n) is 0.610. The topological polar surface area (TPSA) is 60.2 Å². The van der Waals surface area contributed by atoms with Gasteiger partial charge in [0.05, 0.1) is 5.75 Å². The minimum Gasteiger partial charge on any atom is -0.327 e. The molecule has 11 heavy (non-hydrogen) atoms. The zero-order valence-corrected chi connectivity index (χ0v) is 7.57. The van der Waals surface area contributed by atoms with Crippen LogP contribution < -0.4 is 5.73 Å². The van der Waals surface area contributed by atoms with Crippen molar-refractivity contribution in [2.45, 2.75) is 26.3 Å². The van der Waals surface area contributed by atoms with E-state index in [9.17, 15) is 12.3 Å². The van der Waals surface area contributed by atoms with E-state index in [0.717, 1.165) is 0 Å². The second-order valence-electron chi connectivity index (χ2n) is 2.94. The first kappa shape index (κ1) is 10.8. The van der Waals surface area contributed by atoms with Gasteiger partial charge < -0.3 is 5.73 Å². The molecule has 0 rings (SSSR count). The van der Waals surface area contributed by atoms with Crippen LogP contribution in [0.25, 0.3) is 0 Å². The summed E-state index contributed by atoms with van der Waals surface area (Å²) in [4.78, 5) is 0. The minimum atomic E-state index is -4.33. The van der Waals surface area contributed by atoms with Gasteiger partial charge in [-0.2, -0.15) is 8.42 Å². The molecule has 5 heteroatoms. The van der Waals surface area contributed by atoms with Crippen molar-refractivity contribution in [1.29, 1.82) is 0 Å². The first-order valence-electron chi connectivity index (χ1n) is 3.51. The maximum atomic E-state index is 11.9. The zero-order valence-electron chi connectivity index (χ0n) is 6.75. The van der Waals surface area contributed by atoms with Gasteiger partial charge in [-0.1, -0.05) is 13.8 Å². The second kappa shape index (κ2) is 4.01. The van der Waals surface area contributed by atoms with Gasteiger partial charge in [0.2, 0.25) is 0 Å². The second-order valence-corrected chi connectivity index (χ2v) is 4.43. The van der Waals surface area contributed by atoms with Crippen LogP contribution in [0.1, 0.15) is 20.3 Å². The van der Waals surface area contributed by atoms with Crippen molar-refractivity contribution in [3.05, 3.63) is 0 Å². The molecule has 0 aliphatic heterocycles. The van der Waals surface area contributed by atoms with Crippen LogP contribution in [-0.2, 0) is 10.2 Å². The summed E-state index contributed by atoms with van der Waals surface area (Å²) < 4.78 is 32.0. The number of rotatable bonds is 4. The van der Waals surface area contributed by atoms with E-state index in [4.69, 9.17) is 5.73 Å². The largest absolute Gasteiger partial charge is 0.327 e. The summed E-state index contributed by atoms with van der Waals surface area (Å²) >= 11 is 0. The van der Waals surface area contributed by atoms with Crippen molar-refractivity contribution < 1.29 is 12.3 Å². The van der Waals surface area contributed by atoms with Gasteiger partial charge in [-0.3, -0.25) is 0 Å². The molecule has 0 aromatic heterocycles. The average molecular weight is 183 g/mol. The molecule has 1 atom stereocenters. The Balaban J connectivity index is 3.72. The summed E-state index contributed by atoms with van der Waals surface area (Å²) in [5.74, 6) is -0.274. The van der Waals surface area contributed by atoms with Gasteiger partial charge in [-0.05, 0) is 12.3 Å². The Morgan fingerprint density at radius 3 is 2.18 bits per heavy atom. The molecule has 2 N–H and O–H groups in total. The van der Waals surface area contributed by atoms with Crippen molar-refractivity contribution in [3.63, 3.8) is 0 Å². The summed E-state index contributed by atoms with van der Waals surface area (Å²) in [6.45, 7) is 3.74. The number of halogens is 1. The van der Waals surface area contributed by atoms with Crippen molar-refractivity contribution in [3.8, 4) is 0 Å². The van der Waals surface area contributed by atoms with Crippen LogP contribution in [0.5, 0.6) is 0 Å². The maximum Gasteiger partial charge on any atom is 0.302 e. The fourth-order valence-corrected chi connectivity index (χ4v) is 1.16. The highest BCUT2D eigenvalue weighted by atomic mass is 32.3. The zero-order chi connectivity index (χ0) is 9.07. The first-order valence-corrected chi connectivity index (χ1v) is 5.06. The van der Waals surface area contributed by atoms with Gasteiger partial charge in [0.25, 0.3) is 0 Å². The number of hydrogen-bond acceptors (Lipinski definition) is 3. The molecule has 0 amide bonds. The van der Waals surface area contributed by atoms with E-state index in [1.54, 1.807) is 0 Å². The SMILES string of the molecule is CC(C)C(N)CCS(=O)(=O)F. The summed E-state index contributed by atoms with van der Waals surface area (Å²) in [6, 6.07) is -0.236. The molecule has 0 radical (unpaired) electrons. The lowest BCUT2D eigenvalue weighted by atomic mass is 10.0. The fraction of sp³-hybridized carbons (Fsp3) is 1.00. The minimum absolute atomic E-state index is 0.191. The summed E-state index contributed by atoms with van der Waals surface area (Å²) in [7, 11) is -4.33. The van der Waals surface area contributed by atoms with E-state index in [1.165, 1.54) is 0 Å². The van der Waals surface area contributed by atoms with Crippen molar-refractivity contribution in [2.24, 2.45) is 11.7 Å². The molecule has 3 nitrogen and oxygen atoms in total. The average Bonchev–Trinajstić information content (AvgIpc) is 1.80. The molecule has 0 aliphatic rings. The van der Waals surface area contributed by atoms with E-state index in [0.29, 0.717) is 0 Å². The number of hydrogen-bond donors (Lipinski definition) is 1. The quantitative estimate of drug-likeness (QED) is 0.651. The molecule has 0 bridgehead atoms. The van der Waals surface area contributed by atoms with Crippen LogP contribution in [0, 0.1) is 5.92 Å². The highest BCUT2D eigenvalue weighted by molar-refractivity contribution is 7.86. The predicted octanol–water partition coefficient (Wildman–Crippen LogP) is 0.659. The maximum absolute atomic E-state index is 11.9. The standard InChI is InChI=1S/C6H14FNO2S/c1-5(2)6(8)3-4-11(7,9)10/h5-6H,3-4,8H2,1-2H3. The third-order valence-electron chi connectivity index (χ3n) is 1.55. The molecule has 0 spiro atoms. The lowest BCUT2D eigenvalue weighted by Gasteiger charge is -2.13. The van der Waals surface area contributed by atoms with Crippen LogP contribution >= 0.6 is 0 Å². The Kier molecular flexibility index (Phi) is 3.96. The highest BCUT2D eigenvalue weighted by Gasteiger charge is 2.13. The molecule has 0 saturated carbocycles. The third kappa shape index (κ3) is 6.25. The Bertz CT molecular complexity index is 201. The third-order valence-corrected chi connectivity index (χ3v) is 2.27. The molecule has 68 valence electrons. The Morgan fingerprint density at radius 1 is 1.45 bits per heavy atom. The van der Waals surface area contributed by atoms with Crippen molar-refractivity contribution in [2.75, 3.05) is 5.75 Å². The Hall–Kier alpha value is -0.160. The smallest absolute Gasteiger partial charge is 0.302 e. The van der Waals surface area contributed by atoms with Gasteiger partial charge in [0, 0.05) is 6.04 Å². The van der Waals surface area contributed by atoms with Crippen molar-refractivity contribution in [1.82, 2.24) is 0 Å². The van der Waals surface area contributed by atoms with E-state index in [1.807, 2.05) is 13.8 Å². The molecule has 1 unspecified atom stereocenters. The van der Waals surface area contributed by atoms with E-state index in [2.05, 4.69) is 0 Å². The van der Waals surface area contributed by atoms with Crippen molar-refractivity contribution >= 4 is 10.2 Å². The van der Waals surface area contributed by atoms with Gasteiger partial charge in [0.1, 0.15) is 0 Å². The molecule has 0 saturated heterocycles. The number of nitrogens with two attached hydrogens (primary N) is 1. The summed E-state index contributed by atoms with van der Waals surface area (Å²) in [5.41, 5.74) is 5.49. The molecular formula is C6H14FNO2S. The van der Waals surface area contributed by atoms with Crippen LogP contribution in [-0.4, -0.2) is 20.2 Å². The van der Waals surface area contributed by atoms with Crippen LogP contribution in [0.15, 0.2) is 0 Å². The van der Waals surface area contributed by atoms with Crippen LogP contribution in [0.3, 0.4) is 0 Å².